The third-order valence-electron chi connectivity index (χ3n) is 9.46. The van der Waals surface area contributed by atoms with Crippen LogP contribution in [0, 0.1) is 0 Å². The summed E-state index contributed by atoms with van der Waals surface area (Å²) in [6, 6.07) is 4.83. The van der Waals surface area contributed by atoms with E-state index < -0.39 is 0 Å². The van der Waals surface area contributed by atoms with Gasteiger partial charge < -0.3 is 18.6 Å². The Morgan fingerprint density at radius 3 is 1.15 bits per heavy atom. The monoisotopic (exact) mass is 586 g/mol. The maximum atomic E-state index is 6.55. The Bertz CT molecular complexity index is 1010. The van der Waals surface area contributed by atoms with Crippen LogP contribution in [0.1, 0.15) is 132 Å². The first-order valence-corrected chi connectivity index (χ1v) is 17.3. The van der Waals surface area contributed by atoms with E-state index in [0.717, 1.165) is 12.8 Å². The van der Waals surface area contributed by atoms with Crippen LogP contribution < -0.4 is 9.55 Å². The molecule has 222 valence electrons. The first kappa shape index (κ1) is 32.3. The van der Waals surface area contributed by atoms with Crippen LogP contribution in [0.2, 0.25) is 0 Å². The van der Waals surface area contributed by atoms with Crippen molar-refractivity contribution in [1.29, 1.82) is 0 Å². The summed E-state index contributed by atoms with van der Waals surface area (Å²) in [4.78, 5) is 2.61. The molecule has 2 aromatic rings. The Balaban J connectivity index is 1.68. The molecule has 2 aliphatic rings. The molecule has 2 saturated heterocycles. The Morgan fingerprint density at radius 1 is 0.525 bits per heavy atom. The molecule has 4 heterocycles. The highest BCUT2D eigenvalue weighted by molar-refractivity contribution is 7.31. The molecule has 0 atom stereocenters. The predicted octanol–water partition coefficient (Wildman–Crippen LogP) is 8.32. The van der Waals surface area contributed by atoms with Crippen molar-refractivity contribution in [2.45, 2.75) is 156 Å². The lowest BCUT2D eigenvalue weighted by Crippen LogP contribution is -2.41. The van der Waals surface area contributed by atoms with Crippen molar-refractivity contribution >= 4 is 46.5 Å². The average Bonchev–Trinajstić information content (AvgIpc) is 3.56. The molecular weight excluding hydrogens is 534 g/mol. The van der Waals surface area contributed by atoms with E-state index >= 15 is 0 Å². The zero-order valence-corrected chi connectivity index (χ0v) is 28.5. The highest BCUT2D eigenvalue weighted by Gasteiger charge is 2.54. The van der Waals surface area contributed by atoms with Gasteiger partial charge in [0.05, 0.1) is 22.4 Å². The smallest absolute Gasteiger partial charge is 0.399 e. The van der Waals surface area contributed by atoms with E-state index in [9.17, 15) is 0 Å². The summed E-state index contributed by atoms with van der Waals surface area (Å²) in [6.45, 7) is 21.7. The van der Waals surface area contributed by atoms with Crippen LogP contribution in [-0.2, 0) is 31.5 Å². The van der Waals surface area contributed by atoms with Crippen LogP contribution in [0.5, 0.6) is 0 Å². The molecule has 0 N–H and O–H groups in total. The van der Waals surface area contributed by atoms with Crippen molar-refractivity contribution in [2.24, 2.45) is 0 Å². The van der Waals surface area contributed by atoms with E-state index in [0.29, 0.717) is 0 Å². The van der Waals surface area contributed by atoms with Crippen molar-refractivity contribution in [3.05, 3.63) is 23.3 Å². The van der Waals surface area contributed by atoms with Gasteiger partial charge in [0.15, 0.2) is 0 Å². The quantitative estimate of drug-likeness (QED) is 0.175. The van der Waals surface area contributed by atoms with Crippen LogP contribution in [-0.4, -0.2) is 36.6 Å². The van der Waals surface area contributed by atoms with Gasteiger partial charge in [0.25, 0.3) is 0 Å². The number of aryl methyl sites for hydroxylation is 2. The van der Waals surface area contributed by atoms with E-state index in [-0.39, 0.29) is 36.6 Å². The lowest BCUT2D eigenvalue weighted by Gasteiger charge is -2.32. The zero-order valence-electron chi connectivity index (χ0n) is 26.8. The first-order chi connectivity index (χ1) is 18.7. The van der Waals surface area contributed by atoms with Crippen molar-refractivity contribution in [3.8, 4) is 9.75 Å². The lowest BCUT2D eigenvalue weighted by atomic mass is 9.83. The first-order valence-electron chi connectivity index (χ1n) is 15.7. The summed E-state index contributed by atoms with van der Waals surface area (Å²) in [5, 5.41) is 0. The lowest BCUT2D eigenvalue weighted by molar-refractivity contribution is 0.00578. The molecule has 40 heavy (non-hydrogen) atoms. The van der Waals surface area contributed by atoms with Crippen LogP contribution >= 0.6 is 22.7 Å². The molecule has 0 amide bonds. The fraction of sp³-hybridized carbons (Fsp3) is 0.750. The normalized spacial score (nSPS) is 21.1. The molecular formula is C32H52B2O4S2. The summed E-state index contributed by atoms with van der Waals surface area (Å²) in [5.74, 6) is 0. The fourth-order valence-corrected chi connectivity index (χ4v) is 7.72. The average molecular weight is 587 g/mol. The third kappa shape index (κ3) is 6.78. The van der Waals surface area contributed by atoms with Crippen molar-refractivity contribution < 1.29 is 18.6 Å². The summed E-state index contributed by atoms with van der Waals surface area (Å²) < 4.78 is 28.7. The topological polar surface area (TPSA) is 36.9 Å². The Hall–Kier alpha value is -0.630. The van der Waals surface area contributed by atoms with Crippen LogP contribution in [0.3, 0.4) is 0 Å². The predicted molar refractivity (Wildman–Crippen MR) is 175 cm³/mol. The van der Waals surface area contributed by atoms with Gasteiger partial charge in [-0.3, -0.25) is 0 Å². The van der Waals surface area contributed by atoms with Crippen LogP contribution in [0.4, 0.5) is 0 Å². The Morgan fingerprint density at radius 2 is 0.850 bits per heavy atom. The molecule has 0 aliphatic carbocycles. The minimum atomic E-state index is -0.347. The van der Waals surface area contributed by atoms with Crippen LogP contribution in [0.15, 0.2) is 12.1 Å². The third-order valence-corrected chi connectivity index (χ3v) is 12.1. The minimum Gasteiger partial charge on any atom is -0.399 e. The van der Waals surface area contributed by atoms with Gasteiger partial charge in [0, 0.05) is 19.3 Å². The van der Waals surface area contributed by atoms with Gasteiger partial charge in [0.1, 0.15) is 0 Å². The van der Waals surface area contributed by atoms with E-state index in [1.54, 1.807) is 0 Å². The van der Waals surface area contributed by atoms with Gasteiger partial charge in [-0.2, -0.15) is 0 Å². The van der Waals surface area contributed by atoms with E-state index in [1.165, 1.54) is 81.8 Å². The molecule has 0 radical (unpaired) electrons. The van der Waals surface area contributed by atoms with Gasteiger partial charge in [-0.1, -0.05) is 52.4 Å². The van der Waals surface area contributed by atoms with Gasteiger partial charge >= 0.3 is 14.2 Å². The van der Waals surface area contributed by atoms with Crippen molar-refractivity contribution in [1.82, 2.24) is 0 Å². The number of hydrogen-bond acceptors (Lipinski definition) is 6. The summed E-state index contributed by atoms with van der Waals surface area (Å²) in [7, 11) is -0.637. The minimum absolute atomic E-state index is 0.319. The van der Waals surface area contributed by atoms with Gasteiger partial charge in [-0.05, 0) is 104 Å². The second kappa shape index (κ2) is 12.5. The highest BCUT2D eigenvalue weighted by atomic mass is 32.1. The van der Waals surface area contributed by atoms with Crippen LogP contribution in [0.25, 0.3) is 9.75 Å². The molecule has 4 rings (SSSR count). The summed E-state index contributed by atoms with van der Waals surface area (Å²) >= 11 is 3.70. The number of hydrogen-bond donors (Lipinski definition) is 0. The molecule has 2 fully saturated rings. The SMILES string of the molecule is CCCCCCc1cc(-c2cc(CCCCCC)c(B3OC(C)(C)C(C)(C)O3)s2)sc1B1OC(C)(C)C(C)(C)O1. The molecule has 2 aliphatic heterocycles. The van der Waals surface area contributed by atoms with Gasteiger partial charge in [-0.25, -0.2) is 0 Å². The molecule has 0 spiro atoms. The molecule has 2 aromatic heterocycles. The Labute approximate surface area is 253 Å². The molecule has 0 saturated carbocycles. The van der Waals surface area contributed by atoms with Crippen molar-refractivity contribution in [2.75, 3.05) is 0 Å². The highest BCUT2D eigenvalue weighted by Crippen LogP contribution is 2.41. The van der Waals surface area contributed by atoms with Gasteiger partial charge in [-0.15, -0.1) is 22.7 Å². The van der Waals surface area contributed by atoms with E-state index in [4.69, 9.17) is 18.6 Å². The largest absolute Gasteiger partial charge is 0.505 e. The van der Waals surface area contributed by atoms with E-state index in [1.807, 2.05) is 22.7 Å². The molecule has 4 nitrogen and oxygen atoms in total. The number of unbranched alkanes of at least 4 members (excludes halogenated alkanes) is 6. The van der Waals surface area contributed by atoms with Gasteiger partial charge in [0.2, 0.25) is 0 Å². The maximum absolute atomic E-state index is 6.55. The van der Waals surface area contributed by atoms with E-state index in [2.05, 4.69) is 81.4 Å². The Kier molecular flexibility index (Phi) is 10.1. The molecule has 0 bridgehead atoms. The second-order valence-corrected chi connectivity index (χ2v) is 16.0. The molecule has 0 aromatic carbocycles. The molecule has 0 unspecified atom stereocenters. The fourth-order valence-electron chi connectivity index (χ4n) is 5.30. The zero-order chi connectivity index (χ0) is 29.3. The second-order valence-electron chi connectivity index (χ2n) is 13.8. The number of thiophene rings is 2. The standard InChI is InChI=1S/C32H52B2O4S2/c1-11-13-15-17-19-23-21-25(39-27(23)33-35-29(3,4)30(5,6)36-33)26-22-24(20-18-16-14-12-2)28(40-26)34-37-31(7,8)32(9,10)38-34/h21-22H,11-20H2,1-10H3. The summed E-state index contributed by atoms with van der Waals surface area (Å²) in [6.07, 6.45) is 12.1. The number of rotatable bonds is 13. The van der Waals surface area contributed by atoms with Crippen molar-refractivity contribution in [3.63, 3.8) is 0 Å². The maximum Gasteiger partial charge on any atom is 0.505 e. The molecule has 8 heteroatoms. The summed E-state index contributed by atoms with van der Waals surface area (Å²) in [5.41, 5.74) is 1.37.